The first-order valence-electron chi connectivity index (χ1n) is 12.5. The quantitative estimate of drug-likeness (QED) is 0.147. The summed E-state index contributed by atoms with van der Waals surface area (Å²) in [5, 5.41) is 0. The first kappa shape index (κ1) is 30.2. The number of rotatable bonds is 9. The van der Waals surface area contributed by atoms with Crippen molar-refractivity contribution in [3.05, 3.63) is 25.3 Å². The largest absolute Gasteiger partial charge is 0.385 e. The van der Waals surface area contributed by atoms with Crippen LogP contribution in [0.3, 0.4) is 0 Å². The van der Waals surface area contributed by atoms with Gasteiger partial charge in [0.15, 0.2) is 35.3 Å². The van der Waals surface area contributed by atoms with Gasteiger partial charge in [-0.1, -0.05) is 19.2 Å². The van der Waals surface area contributed by atoms with Gasteiger partial charge in [0.2, 0.25) is 6.29 Å². The van der Waals surface area contributed by atoms with Gasteiger partial charge in [-0.15, -0.1) is 0 Å². The summed E-state index contributed by atoms with van der Waals surface area (Å²) in [7, 11) is -3.56. The predicted molar refractivity (Wildman–Crippen MR) is 146 cm³/mol. The Morgan fingerprint density at radius 2 is 1.58 bits per heavy atom. The second-order valence-corrected chi connectivity index (χ2v) is 13.3. The molecular weight excluding hydrogens is 640 g/mol. The molecule has 23 heteroatoms. The monoisotopic (exact) mass is 664 g/mol. The third-order valence-electron chi connectivity index (χ3n) is 6.91. The zero-order chi connectivity index (χ0) is 30.6. The molecular formula is C20H24F2N10O8P2S. The Morgan fingerprint density at radius 1 is 1.00 bits per heavy atom. The van der Waals surface area contributed by atoms with Crippen LogP contribution in [-0.4, -0.2) is 81.4 Å². The molecule has 232 valence electrons. The van der Waals surface area contributed by atoms with Crippen molar-refractivity contribution in [2.75, 3.05) is 18.1 Å². The number of halogens is 2. The molecule has 0 amide bonds. The molecule has 4 aromatic rings. The second-order valence-electron chi connectivity index (χ2n) is 9.61. The molecule has 5 N–H and O–H groups in total. The van der Waals surface area contributed by atoms with Crippen LogP contribution in [0.1, 0.15) is 19.4 Å². The molecule has 10 atom stereocenters. The van der Waals surface area contributed by atoms with Crippen molar-refractivity contribution in [3.63, 3.8) is 0 Å². The van der Waals surface area contributed by atoms with Crippen LogP contribution >= 0.6 is 27.3 Å². The highest BCUT2D eigenvalue weighted by molar-refractivity contribution is 8.44. The average Bonchev–Trinajstić information content (AvgIpc) is 3.70. The lowest BCUT2D eigenvalue weighted by Gasteiger charge is -2.21. The average molecular weight is 664 g/mol. The zero-order valence-corrected chi connectivity index (χ0v) is 24.6. The number of nitrogens with two attached hydrogens (primary N) is 2. The van der Waals surface area contributed by atoms with E-state index in [-0.39, 0.29) is 22.8 Å². The maximum absolute atomic E-state index is 15.5. The van der Waals surface area contributed by atoms with E-state index >= 15 is 8.78 Å². The van der Waals surface area contributed by atoms with Crippen molar-refractivity contribution in [3.8, 4) is 0 Å². The van der Waals surface area contributed by atoms with E-state index in [2.05, 4.69) is 42.2 Å². The number of aromatic nitrogens is 8. The molecule has 0 bridgehead atoms. The first-order chi connectivity index (χ1) is 20.4. The van der Waals surface area contributed by atoms with Gasteiger partial charge in [0, 0.05) is 5.92 Å². The number of anilines is 2. The fourth-order valence-electron chi connectivity index (χ4n) is 4.90. The second kappa shape index (κ2) is 11.6. The lowest BCUT2D eigenvalue weighted by molar-refractivity contribution is -0.116. The van der Waals surface area contributed by atoms with Gasteiger partial charge in [0.05, 0.1) is 19.3 Å². The van der Waals surface area contributed by atoms with Gasteiger partial charge in [-0.25, -0.2) is 43.2 Å². The van der Waals surface area contributed by atoms with Gasteiger partial charge in [-0.2, -0.15) is 0 Å². The highest BCUT2D eigenvalue weighted by Crippen LogP contribution is 2.52. The number of hydrogen-bond acceptors (Lipinski definition) is 15. The number of thiol groups is 1. The molecule has 0 aromatic carbocycles. The molecule has 0 spiro atoms. The Bertz CT molecular complexity index is 1730. The fraction of sp³-hybridized carbons (Fsp3) is 0.500. The summed E-state index contributed by atoms with van der Waals surface area (Å²) in [6.07, 6.45) is -6.10. The molecule has 0 aliphatic carbocycles. The van der Waals surface area contributed by atoms with Crippen molar-refractivity contribution < 1.29 is 45.8 Å². The number of nitrogens with zero attached hydrogens (tertiary/aromatic N) is 8. The van der Waals surface area contributed by atoms with Crippen molar-refractivity contribution >= 4 is 61.3 Å². The maximum Gasteiger partial charge on any atom is 0.385 e. The van der Waals surface area contributed by atoms with E-state index in [4.69, 9.17) is 34.5 Å². The summed E-state index contributed by atoms with van der Waals surface area (Å²) in [5.74, 6) is -0.545. The van der Waals surface area contributed by atoms with Crippen LogP contribution in [0.4, 0.5) is 20.4 Å². The molecule has 2 fully saturated rings. The van der Waals surface area contributed by atoms with Crippen LogP contribution in [0.2, 0.25) is 0 Å². The summed E-state index contributed by atoms with van der Waals surface area (Å²) >= 11 is 3.40. The Balaban J connectivity index is 1.17. The van der Waals surface area contributed by atoms with E-state index in [1.165, 1.54) is 28.1 Å². The van der Waals surface area contributed by atoms with E-state index in [1.807, 2.05) is 0 Å². The van der Waals surface area contributed by atoms with Gasteiger partial charge in [0.1, 0.15) is 48.3 Å². The Morgan fingerprint density at radius 3 is 2.16 bits per heavy atom. The van der Waals surface area contributed by atoms with E-state index in [1.54, 1.807) is 6.92 Å². The van der Waals surface area contributed by atoms with Crippen molar-refractivity contribution in [1.29, 1.82) is 0 Å². The molecule has 2 aliphatic heterocycles. The predicted octanol–water partition coefficient (Wildman–Crippen LogP) is 1.73. The smallest absolute Gasteiger partial charge is 0.382 e. The Kier molecular flexibility index (Phi) is 8.12. The van der Waals surface area contributed by atoms with Crippen LogP contribution in [-0.2, 0) is 32.2 Å². The minimum Gasteiger partial charge on any atom is -0.382 e. The highest BCUT2D eigenvalue weighted by Gasteiger charge is 2.51. The topological polar surface area (TPSA) is 240 Å². The number of nitrogen functional groups attached to an aromatic ring is 2. The lowest BCUT2D eigenvalue weighted by Crippen LogP contribution is -2.30. The zero-order valence-electron chi connectivity index (χ0n) is 21.8. The minimum atomic E-state index is -4.53. The molecule has 43 heavy (non-hydrogen) atoms. The molecule has 2 unspecified atom stereocenters. The van der Waals surface area contributed by atoms with Crippen molar-refractivity contribution in [2.45, 2.75) is 50.2 Å². The van der Waals surface area contributed by atoms with E-state index in [0.29, 0.717) is 11.2 Å². The van der Waals surface area contributed by atoms with Gasteiger partial charge in [-0.3, -0.25) is 22.7 Å². The highest BCUT2D eigenvalue weighted by atomic mass is 32.7. The Labute approximate surface area is 245 Å². The molecule has 18 nitrogen and oxygen atoms in total. The van der Waals surface area contributed by atoms with Crippen LogP contribution in [0.5, 0.6) is 0 Å². The summed E-state index contributed by atoms with van der Waals surface area (Å²) in [5.41, 5.74) is 12.5. The third-order valence-corrected chi connectivity index (χ3v) is 8.54. The Hall–Kier alpha value is -2.87. The minimum absolute atomic E-state index is 0.0143. The summed E-state index contributed by atoms with van der Waals surface area (Å²) in [6.45, 7) is -3.46. The molecule has 6 heterocycles. The third kappa shape index (κ3) is 5.72. The number of imidazole rings is 2. The van der Waals surface area contributed by atoms with Crippen LogP contribution in [0, 0.1) is 5.92 Å². The first-order valence-corrected chi connectivity index (χ1v) is 16.4. The SMILES string of the molecule is C[C@@H]1[C@H](F)[C@@H](CO[PH](=O)O[C@@H]2[C@H](F)[C@@H](OP(=O)(O)S)O[C@H]2n2cnc3c(N)ncnc32)O[C@H]1n1cnc2c(N)ncnc21. The van der Waals surface area contributed by atoms with Gasteiger partial charge < -0.3 is 30.4 Å². The molecule has 2 aliphatic rings. The number of ether oxygens (including phenoxy) is 2. The fourth-order valence-corrected chi connectivity index (χ4v) is 6.45. The van der Waals surface area contributed by atoms with Gasteiger partial charge in [0.25, 0.3) is 0 Å². The summed E-state index contributed by atoms with van der Waals surface area (Å²) < 4.78 is 84.7. The van der Waals surface area contributed by atoms with Gasteiger partial charge in [-0.05, 0) is 0 Å². The summed E-state index contributed by atoms with van der Waals surface area (Å²) in [6, 6.07) is 0. The van der Waals surface area contributed by atoms with Crippen LogP contribution < -0.4 is 11.5 Å². The standard InChI is InChI=1S/C20H24F2N10O8P2S/c1-7-9(21)8(37-18(7)31-5-29-11-14(23)25-3-27-16(11)31)2-36-41(33)39-13-10(22)20(40-42(34,35)43)38-19(13)32-6-30-12-15(24)26-4-28-17(12)32/h3-10,13,18-20,41H,2H2,1H3,(H2,23,25,27)(H2,24,26,28)(H2,34,35,43)/t7-,8-,9+,10+,13-,18-,19-,20-/m1/s1. The van der Waals surface area contributed by atoms with Crippen LogP contribution in [0.25, 0.3) is 22.3 Å². The van der Waals surface area contributed by atoms with Crippen molar-refractivity contribution in [1.82, 2.24) is 39.0 Å². The van der Waals surface area contributed by atoms with E-state index in [0.717, 1.165) is 6.33 Å². The van der Waals surface area contributed by atoms with E-state index < -0.39 is 70.9 Å². The summed E-state index contributed by atoms with van der Waals surface area (Å²) in [4.78, 5) is 33.6. The molecule has 0 radical (unpaired) electrons. The number of fused-ring (bicyclic) bond motifs is 2. The number of alkyl halides is 2. The lowest BCUT2D eigenvalue weighted by atomic mass is 10.0. The normalized spacial score (nSPS) is 31.6. The molecule has 2 saturated heterocycles. The molecule has 6 rings (SSSR count). The molecule has 4 aromatic heterocycles. The van der Waals surface area contributed by atoms with Gasteiger partial charge >= 0.3 is 15.1 Å². The van der Waals surface area contributed by atoms with Crippen molar-refractivity contribution in [2.24, 2.45) is 5.92 Å². The maximum atomic E-state index is 15.5. The van der Waals surface area contributed by atoms with E-state index in [9.17, 15) is 14.0 Å². The van der Waals surface area contributed by atoms with Crippen LogP contribution in [0.15, 0.2) is 25.3 Å². The molecule has 0 saturated carbocycles. The number of hydrogen-bond donors (Lipinski definition) is 4.